The molecule has 106 valence electrons. The maximum Gasteiger partial charge on any atom is 0.204 e. The number of hydrogen-bond acceptors (Lipinski definition) is 6. The predicted octanol–water partition coefficient (Wildman–Crippen LogP) is 1.06. The summed E-state index contributed by atoms with van der Waals surface area (Å²) in [6.07, 6.45) is 1.60. The van der Waals surface area contributed by atoms with Crippen LogP contribution >= 0.6 is 0 Å². The second kappa shape index (κ2) is 6.56. The Balaban J connectivity index is 2.17. The fourth-order valence-electron chi connectivity index (χ4n) is 2.35. The lowest BCUT2D eigenvalue weighted by Gasteiger charge is -2.35. The van der Waals surface area contributed by atoms with Crippen LogP contribution in [0.15, 0.2) is 6.33 Å². The average Bonchev–Trinajstić information content (AvgIpc) is 2.47. The minimum Gasteiger partial charge on any atom is -0.490 e. The minimum absolute atomic E-state index is 0.745. The van der Waals surface area contributed by atoms with Crippen molar-refractivity contribution in [2.45, 2.75) is 13.8 Å². The van der Waals surface area contributed by atoms with Crippen LogP contribution < -0.4 is 15.0 Å². The second-order valence-electron chi connectivity index (χ2n) is 4.53. The quantitative estimate of drug-likeness (QED) is 0.859. The molecule has 0 spiro atoms. The van der Waals surface area contributed by atoms with E-state index in [9.17, 15) is 0 Å². The van der Waals surface area contributed by atoms with Gasteiger partial charge < -0.3 is 19.9 Å². The van der Waals surface area contributed by atoms with Crippen LogP contribution in [-0.4, -0.2) is 61.2 Å². The molecule has 2 rings (SSSR count). The molecule has 1 aromatic heterocycles. The highest BCUT2D eigenvalue weighted by Gasteiger charge is 2.22. The molecule has 1 N–H and O–H groups in total. The highest BCUT2D eigenvalue weighted by molar-refractivity contribution is 5.64. The summed E-state index contributed by atoms with van der Waals surface area (Å²) in [4.78, 5) is 13.4. The predicted molar refractivity (Wildman–Crippen MR) is 77.1 cm³/mol. The Morgan fingerprint density at radius 3 is 2.53 bits per heavy atom. The summed E-state index contributed by atoms with van der Waals surface area (Å²) >= 11 is 0. The normalized spacial score (nSPS) is 16.5. The monoisotopic (exact) mass is 265 g/mol. The lowest BCUT2D eigenvalue weighted by Crippen LogP contribution is -2.46. The SMILES string of the molecule is CCNc1ncnc(N2CCN(CC)CC2)c1OC. The van der Waals surface area contributed by atoms with E-state index in [4.69, 9.17) is 4.74 Å². The van der Waals surface area contributed by atoms with Crippen molar-refractivity contribution in [1.82, 2.24) is 14.9 Å². The van der Waals surface area contributed by atoms with Crippen LogP contribution in [0.2, 0.25) is 0 Å². The van der Waals surface area contributed by atoms with Gasteiger partial charge in [-0.05, 0) is 13.5 Å². The molecular weight excluding hydrogens is 242 g/mol. The van der Waals surface area contributed by atoms with Gasteiger partial charge in [-0.15, -0.1) is 0 Å². The molecule has 6 heteroatoms. The smallest absolute Gasteiger partial charge is 0.204 e. The maximum atomic E-state index is 5.49. The largest absolute Gasteiger partial charge is 0.490 e. The van der Waals surface area contributed by atoms with Gasteiger partial charge in [0.1, 0.15) is 6.33 Å². The molecule has 0 aromatic carbocycles. The Kier molecular flexibility index (Phi) is 4.79. The van der Waals surface area contributed by atoms with Crippen LogP contribution in [0.3, 0.4) is 0 Å². The number of likely N-dealkylation sites (N-methyl/N-ethyl adjacent to an activating group) is 1. The zero-order valence-corrected chi connectivity index (χ0v) is 12.0. The molecule has 19 heavy (non-hydrogen) atoms. The molecule has 1 aromatic rings. The molecule has 0 unspecified atom stereocenters. The van der Waals surface area contributed by atoms with Crippen LogP contribution in [0.5, 0.6) is 5.75 Å². The lowest BCUT2D eigenvalue weighted by molar-refractivity contribution is 0.269. The van der Waals surface area contributed by atoms with Crippen LogP contribution in [0, 0.1) is 0 Å². The van der Waals surface area contributed by atoms with Gasteiger partial charge in [0.05, 0.1) is 7.11 Å². The Labute approximate surface area is 114 Å². The number of ether oxygens (including phenoxy) is 1. The standard InChI is InChI=1S/C13H23N5O/c1-4-14-12-11(19-3)13(16-10-15-12)18-8-6-17(5-2)7-9-18/h10H,4-9H2,1-3H3,(H,14,15,16). The van der Waals surface area contributed by atoms with Crippen molar-refractivity contribution in [2.24, 2.45) is 0 Å². The van der Waals surface area contributed by atoms with Crippen molar-refractivity contribution < 1.29 is 4.74 Å². The number of methoxy groups -OCH3 is 1. The fraction of sp³-hybridized carbons (Fsp3) is 0.692. The molecule has 0 aliphatic carbocycles. The van der Waals surface area contributed by atoms with Gasteiger partial charge >= 0.3 is 0 Å². The molecule has 0 saturated carbocycles. The summed E-state index contributed by atoms with van der Waals surface area (Å²) in [7, 11) is 1.67. The van der Waals surface area contributed by atoms with Crippen molar-refractivity contribution >= 4 is 11.6 Å². The average molecular weight is 265 g/mol. The second-order valence-corrected chi connectivity index (χ2v) is 4.53. The van der Waals surface area contributed by atoms with Crippen LogP contribution in [0.1, 0.15) is 13.8 Å². The van der Waals surface area contributed by atoms with E-state index >= 15 is 0 Å². The molecule has 1 aliphatic rings. The molecule has 0 amide bonds. The fourth-order valence-corrected chi connectivity index (χ4v) is 2.35. The van der Waals surface area contributed by atoms with Gasteiger partial charge in [-0.2, -0.15) is 0 Å². The molecule has 0 bridgehead atoms. The van der Waals surface area contributed by atoms with Gasteiger partial charge in [-0.25, -0.2) is 9.97 Å². The van der Waals surface area contributed by atoms with E-state index in [0.717, 1.165) is 56.7 Å². The number of rotatable bonds is 5. The Hall–Kier alpha value is -1.56. The van der Waals surface area contributed by atoms with Crippen LogP contribution in [0.4, 0.5) is 11.6 Å². The summed E-state index contributed by atoms with van der Waals surface area (Å²) < 4.78 is 5.49. The minimum atomic E-state index is 0.745. The third-order valence-corrected chi connectivity index (χ3v) is 3.45. The first-order valence-corrected chi connectivity index (χ1v) is 6.90. The molecule has 2 heterocycles. The zero-order chi connectivity index (χ0) is 13.7. The van der Waals surface area contributed by atoms with Crippen LogP contribution in [-0.2, 0) is 0 Å². The summed E-state index contributed by atoms with van der Waals surface area (Å²) in [5, 5.41) is 3.21. The number of aromatic nitrogens is 2. The molecule has 1 aliphatic heterocycles. The van der Waals surface area contributed by atoms with E-state index in [1.54, 1.807) is 13.4 Å². The highest BCUT2D eigenvalue weighted by Crippen LogP contribution is 2.32. The van der Waals surface area contributed by atoms with Gasteiger partial charge in [0.25, 0.3) is 0 Å². The van der Waals surface area contributed by atoms with E-state index in [0.29, 0.717) is 0 Å². The first kappa shape index (κ1) is 13.9. The first-order valence-electron chi connectivity index (χ1n) is 6.90. The first-order chi connectivity index (χ1) is 9.30. The van der Waals surface area contributed by atoms with E-state index in [1.165, 1.54) is 0 Å². The van der Waals surface area contributed by atoms with Crippen molar-refractivity contribution in [1.29, 1.82) is 0 Å². The summed E-state index contributed by atoms with van der Waals surface area (Å²) in [5.74, 6) is 2.41. The number of anilines is 2. The molecular formula is C13H23N5O. The number of hydrogen-bond donors (Lipinski definition) is 1. The van der Waals surface area contributed by atoms with Gasteiger partial charge in [0, 0.05) is 32.7 Å². The third-order valence-electron chi connectivity index (χ3n) is 3.45. The molecule has 0 atom stereocenters. The molecule has 6 nitrogen and oxygen atoms in total. The Morgan fingerprint density at radius 1 is 1.21 bits per heavy atom. The van der Waals surface area contributed by atoms with Crippen molar-refractivity contribution in [3.05, 3.63) is 6.33 Å². The van der Waals surface area contributed by atoms with Crippen molar-refractivity contribution in [3.8, 4) is 5.75 Å². The van der Waals surface area contributed by atoms with Crippen molar-refractivity contribution in [3.63, 3.8) is 0 Å². The molecule has 0 radical (unpaired) electrons. The number of nitrogens with one attached hydrogen (secondary N) is 1. The molecule has 1 fully saturated rings. The number of nitrogens with zero attached hydrogens (tertiary/aromatic N) is 4. The van der Waals surface area contributed by atoms with Gasteiger partial charge in [0.2, 0.25) is 5.75 Å². The lowest BCUT2D eigenvalue weighted by atomic mass is 10.3. The van der Waals surface area contributed by atoms with Gasteiger partial charge in [-0.3, -0.25) is 0 Å². The van der Waals surface area contributed by atoms with Crippen LogP contribution in [0.25, 0.3) is 0 Å². The maximum absolute atomic E-state index is 5.49. The summed E-state index contributed by atoms with van der Waals surface area (Å²) in [5.41, 5.74) is 0. The number of piperazine rings is 1. The topological polar surface area (TPSA) is 53.5 Å². The molecule has 1 saturated heterocycles. The Morgan fingerprint density at radius 2 is 1.95 bits per heavy atom. The van der Waals surface area contributed by atoms with E-state index in [1.807, 2.05) is 6.92 Å². The van der Waals surface area contributed by atoms with E-state index in [-0.39, 0.29) is 0 Å². The summed E-state index contributed by atoms with van der Waals surface area (Å²) in [6, 6.07) is 0. The summed E-state index contributed by atoms with van der Waals surface area (Å²) in [6.45, 7) is 10.3. The van der Waals surface area contributed by atoms with Gasteiger partial charge in [-0.1, -0.05) is 6.92 Å². The van der Waals surface area contributed by atoms with E-state index < -0.39 is 0 Å². The van der Waals surface area contributed by atoms with E-state index in [2.05, 4.69) is 32.0 Å². The van der Waals surface area contributed by atoms with Crippen molar-refractivity contribution in [2.75, 3.05) is 56.6 Å². The third kappa shape index (κ3) is 3.07. The zero-order valence-electron chi connectivity index (χ0n) is 12.0. The Bertz CT molecular complexity index is 404. The highest BCUT2D eigenvalue weighted by atomic mass is 16.5. The van der Waals surface area contributed by atoms with Gasteiger partial charge in [0.15, 0.2) is 11.6 Å².